The van der Waals surface area contributed by atoms with Gasteiger partial charge in [0, 0.05) is 6.54 Å². The van der Waals surface area contributed by atoms with E-state index in [-0.39, 0.29) is 12.5 Å². The molecule has 0 spiro atoms. The van der Waals surface area contributed by atoms with E-state index in [0.29, 0.717) is 23.1 Å². The smallest absolute Gasteiger partial charge is 0.320 e. The van der Waals surface area contributed by atoms with E-state index in [2.05, 4.69) is 5.32 Å². The SMILES string of the molecule is COc1cc(CNCC(=O)OC(C)(C)C)cc(Cl)c1OC. The predicted molar refractivity (Wildman–Crippen MR) is 82.1 cm³/mol. The molecule has 0 heterocycles. The molecule has 5 nitrogen and oxygen atoms in total. The average Bonchev–Trinajstić information content (AvgIpc) is 2.35. The molecular weight excluding hydrogens is 294 g/mol. The molecule has 0 bridgehead atoms. The lowest BCUT2D eigenvalue weighted by Gasteiger charge is -2.19. The fraction of sp³-hybridized carbons (Fsp3) is 0.533. The maximum Gasteiger partial charge on any atom is 0.320 e. The van der Waals surface area contributed by atoms with Crippen molar-refractivity contribution in [3.05, 3.63) is 22.7 Å². The molecule has 0 radical (unpaired) electrons. The van der Waals surface area contributed by atoms with Gasteiger partial charge in [0.25, 0.3) is 0 Å². The van der Waals surface area contributed by atoms with Crippen LogP contribution in [0.3, 0.4) is 0 Å². The molecule has 0 aromatic heterocycles. The molecule has 0 aliphatic heterocycles. The van der Waals surface area contributed by atoms with Crippen LogP contribution in [0.25, 0.3) is 0 Å². The highest BCUT2D eigenvalue weighted by Gasteiger charge is 2.16. The van der Waals surface area contributed by atoms with Gasteiger partial charge in [0.05, 0.1) is 25.8 Å². The van der Waals surface area contributed by atoms with Crippen LogP contribution in [0, 0.1) is 0 Å². The summed E-state index contributed by atoms with van der Waals surface area (Å²) in [5, 5.41) is 3.47. The van der Waals surface area contributed by atoms with Gasteiger partial charge in [-0.3, -0.25) is 4.79 Å². The predicted octanol–water partition coefficient (Wildman–Crippen LogP) is 2.79. The first kappa shape index (κ1) is 17.6. The van der Waals surface area contributed by atoms with Gasteiger partial charge in [-0.2, -0.15) is 0 Å². The largest absolute Gasteiger partial charge is 0.493 e. The van der Waals surface area contributed by atoms with Gasteiger partial charge in [-0.1, -0.05) is 11.6 Å². The number of benzene rings is 1. The number of esters is 1. The molecule has 1 N–H and O–H groups in total. The van der Waals surface area contributed by atoms with Gasteiger partial charge in [-0.05, 0) is 38.5 Å². The molecule has 0 amide bonds. The van der Waals surface area contributed by atoms with E-state index in [1.54, 1.807) is 13.2 Å². The van der Waals surface area contributed by atoms with Crippen LogP contribution >= 0.6 is 11.6 Å². The minimum atomic E-state index is -0.481. The van der Waals surface area contributed by atoms with Crippen LogP contribution in [0.15, 0.2) is 12.1 Å². The quantitative estimate of drug-likeness (QED) is 0.818. The fourth-order valence-corrected chi connectivity index (χ4v) is 2.07. The van der Waals surface area contributed by atoms with Gasteiger partial charge in [0.15, 0.2) is 11.5 Å². The van der Waals surface area contributed by atoms with E-state index in [1.165, 1.54) is 7.11 Å². The fourth-order valence-electron chi connectivity index (χ4n) is 1.76. The molecule has 0 aliphatic rings. The summed E-state index contributed by atoms with van der Waals surface area (Å²) >= 11 is 6.12. The summed E-state index contributed by atoms with van der Waals surface area (Å²) < 4.78 is 15.6. The van der Waals surface area contributed by atoms with Crippen molar-refractivity contribution in [1.82, 2.24) is 5.32 Å². The lowest BCUT2D eigenvalue weighted by molar-refractivity contribution is -0.153. The first-order chi connectivity index (χ1) is 9.76. The van der Waals surface area contributed by atoms with E-state index in [4.69, 9.17) is 25.8 Å². The second kappa shape index (κ2) is 7.52. The van der Waals surface area contributed by atoms with Crippen molar-refractivity contribution in [2.75, 3.05) is 20.8 Å². The number of methoxy groups -OCH3 is 2. The van der Waals surface area contributed by atoms with Crippen molar-refractivity contribution >= 4 is 17.6 Å². The van der Waals surface area contributed by atoms with Crippen LogP contribution in [0.2, 0.25) is 5.02 Å². The van der Waals surface area contributed by atoms with Gasteiger partial charge >= 0.3 is 5.97 Å². The molecule has 1 aromatic rings. The number of carbonyl (C=O) groups is 1. The minimum absolute atomic E-state index is 0.128. The second-order valence-corrected chi connectivity index (χ2v) is 5.91. The van der Waals surface area contributed by atoms with Crippen LogP contribution in [-0.4, -0.2) is 32.3 Å². The summed E-state index contributed by atoms with van der Waals surface area (Å²) in [5.74, 6) is 0.753. The summed E-state index contributed by atoms with van der Waals surface area (Å²) in [4.78, 5) is 11.6. The van der Waals surface area contributed by atoms with Crippen molar-refractivity contribution in [2.24, 2.45) is 0 Å². The van der Waals surface area contributed by atoms with Gasteiger partial charge in [-0.25, -0.2) is 0 Å². The van der Waals surface area contributed by atoms with E-state index >= 15 is 0 Å². The third kappa shape index (κ3) is 5.81. The third-order valence-electron chi connectivity index (χ3n) is 2.51. The highest BCUT2D eigenvalue weighted by atomic mass is 35.5. The average molecular weight is 316 g/mol. The number of carbonyl (C=O) groups excluding carboxylic acids is 1. The highest BCUT2D eigenvalue weighted by molar-refractivity contribution is 6.32. The molecular formula is C15H22ClNO4. The zero-order valence-electron chi connectivity index (χ0n) is 13.1. The van der Waals surface area contributed by atoms with Crippen LogP contribution < -0.4 is 14.8 Å². The molecule has 0 fully saturated rings. The second-order valence-electron chi connectivity index (χ2n) is 5.50. The number of ether oxygens (including phenoxy) is 3. The molecule has 118 valence electrons. The normalized spacial score (nSPS) is 11.1. The maximum absolute atomic E-state index is 11.6. The van der Waals surface area contributed by atoms with Crippen molar-refractivity contribution in [2.45, 2.75) is 32.9 Å². The van der Waals surface area contributed by atoms with Crippen molar-refractivity contribution < 1.29 is 19.0 Å². The molecule has 0 atom stereocenters. The van der Waals surface area contributed by atoms with Gasteiger partial charge in [0.1, 0.15) is 5.60 Å². The Balaban J connectivity index is 2.60. The Bertz CT molecular complexity index is 497. The molecule has 0 saturated carbocycles. The maximum atomic E-state index is 11.6. The Morgan fingerprint density at radius 1 is 1.24 bits per heavy atom. The van der Waals surface area contributed by atoms with Crippen LogP contribution in [0.1, 0.15) is 26.3 Å². The third-order valence-corrected chi connectivity index (χ3v) is 2.79. The van der Waals surface area contributed by atoms with E-state index in [1.807, 2.05) is 26.8 Å². The Kier molecular flexibility index (Phi) is 6.30. The lowest BCUT2D eigenvalue weighted by atomic mass is 10.2. The van der Waals surface area contributed by atoms with E-state index in [9.17, 15) is 4.79 Å². The summed E-state index contributed by atoms with van der Waals surface area (Å²) in [5.41, 5.74) is 0.409. The van der Waals surface area contributed by atoms with Crippen molar-refractivity contribution in [1.29, 1.82) is 0 Å². The number of hydrogen-bond donors (Lipinski definition) is 1. The lowest BCUT2D eigenvalue weighted by Crippen LogP contribution is -2.31. The topological polar surface area (TPSA) is 56.8 Å². The number of halogens is 1. The first-order valence-electron chi connectivity index (χ1n) is 6.60. The Morgan fingerprint density at radius 2 is 1.90 bits per heavy atom. The molecule has 0 unspecified atom stereocenters. The summed E-state index contributed by atoms with van der Waals surface area (Å²) in [6.45, 7) is 6.10. The molecule has 21 heavy (non-hydrogen) atoms. The van der Waals surface area contributed by atoms with Crippen LogP contribution in [0.5, 0.6) is 11.5 Å². The number of hydrogen-bond acceptors (Lipinski definition) is 5. The van der Waals surface area contributed by atoms with E-state index in [0.717, 1.165) is 5.56 Å². The molecule has 0 aliphatic carbocycles. The zero-order valence-corrected chi connectivity index (χ0v) is 13.8. The molecule has 1 aromatic carbocycles. The van der Waals surface area contributed by atoms with Crippen LogP contribution in [-0.2, 0) is 16.1 Å². The zero-order chi connectivity index (χ0) is 16.0. The van der Waals surface area contributed by atoms with E-state index < -0.39 is 5.60 Å². The minimum Gasteiger partial charge on any atom is -0.493 e. The standard InChI is InChI=1S/C15H22ClNO4/c1-15(2,3)21-13(18)9-17-8-10-6-11(16)14(20-5)12(7-10)19-4/h6-7,17H,8-9H2,1-5H3. The number of nitrogens with one attached hydrogen (secondary N) is 1. The highest BCUT2D eigenvalue weighted by Crippen LogP contribution is 2.35. The summed E-state index contributed by atoms with van der Waals surface area (Å²) in [6.07, 6.45) is 0. The first-order valence-corrected chi connectivity index (χ1v) is 6.97. The van der Waals surface area contributed by atoms with Gasteiger partial charge < -0.3 is 19.5 Å². The summed E-state index contributed by atoms with van der Waals surface area (Å²) in [6, 6.07) is 3.58. The molecule has 0 saturated heterocycles. The van der Waals surface area contributed by atoms with Gasteiger partial charge in [-0.15, -0.1) is 0 Å². The Hall–Kier alpha value is -1.46. The van der Waals surface area contributed by atoms with Crippen molar-refractivity contribution in [3.63, 3.8) is 0 Å². The van der Waals surface area contributed by atoms with Crippen LogP contribution in [0.4, 0.5) is 0 Å². The molecule has 1 rings (SSSR count). The van der Waals surface area contributed by atoms with Crippen molar-refractivity contribution in [3.8, 4) is 11.5 Å². The Morgan fingerprint density at radius 3 is 2.43 bits per heavy atom. The van der Waals surface area contributed by atoms with Gasteiger partial charge in [0.2, 0.25) is 0 Å². The number of rotatable bonds is 6. The Labute approximate surface area is 130 Å². The summed E-state index contributed by atoms with van der Waals surface area (Å²) in [7, 11) is 3.08. The monoisotopic (exact) mass is 315 g/mol. The molecule has 6 heteroatoms.